The smallest absolute Gasteiger partial charge is 0.160 e. The molecule has 1 fully saturated rings. The zero-order valence-corrected chi connectivity index (χ0v) is 9.96. The summed E-state index contributed by atoms with van der Waals surface area (Å²) < 4.78 is 10.6. The van der Waals surface area contributed by atoms with Crippen LogP contribution in [0.4, 0.5) is 0 Å². The Morgan fingerprint density at radius 3 is 2.38 bits per heavy atom. The van der Waals surface area contributed by atoms with E-state index in [-0.39, 0.29) is 36.6 Å². The van der Waals surface area contributed by atoms with E-state index in [9.17, 15) is 10.2 Å². The lowest BCUT2D eigenvalue weighted by molar-refractivity contribution is -0.153. The van der Waals surface area contributed by atoms with Gasteiger partial charge in [0.05, 0.1) is 12.2 Å². The van der Waals surface area contributed by atoms with Gasteiger partial charge in [-0.05, 0) is 11.8 Å². The van der Waals surface area contributed by atoms with E-state index in [0.717, 1.165) is 0 Å². The molecule has 0 aromatic heterocycles. The van der Waals surface area contributed by atoms with Crippen LogP contribution < -0.4 is 0 Å². The van der Waals surface area contributed by atoms with Crippen molar-refractivity contribution in [2.45, 2.75) is 18.8 Å². The Hall–Kier alpha value is -0.420. The molecule has 2 aliphatic rings. The minimum absolute atomic E-state index is 0.0327. The predicted molar refractivity (Wildman–Crippen MR) is 58.6 cm³/mol. The fourth-order valence-corrected chi connectivity index (χ4v) is 3.39. The molecular weight excluding hydrogens is 208 g/mol. The van der Waals surface area contributed by atoms with Crippen molar-refractivity contribution in [2.24, 2.45) is 23.7 Å². The molecule has 0 aromatic rings. The second kappa shape index (κ2) is 4.11. The van der Waals surface area contributed by atoms with E-state index in [4.69, 9.17) is 9.47 Å². The van der Waals surface area contributed by atoms with E-state index in [2.05, 4.69) is 6.08 Å². The maximum Gasteiger partial charge on any atom is 0.160 e. The summed E-state index contributed by atoms with van der Waals surface area (Å²) in [6.45, 7) is 1.76. The number of rotatable bonds is 4. The number of methoxy groups -OCH3 is 2. The van der Waals surface area contributed by atoms with Crippen LogP contribution in [0.5, 0.6) is 0 Å². The quantitative estimate of drug-likeness (QED) is 0.540. The lowest BCUT2D eigenvalue weighted by Gasteiger charge is -2.33. The first-order chi connectivity index (χ1) is 7.60. The maximum atomic E-state index is 10.5. The molecule has 92 valence electrons. The van der Waals surface area contributed by atoms with Gasteiger partial charge in [0.2, 0.25) is 0 Å². The zero-order valence-electron chi connectivity index (χ0n) is 9.96. The van der Waals surface area contributed by atoms with Crippen LogP contribution in [0.25, 0.3) is 0 Å². The second-order valence-corrected chi connectivity index (χ2v) is 4.84. The number of allylic oxidation sites excluding steroid dienone is 1. The molecule has 1 saturated carbocycles. The van der Waals surface area contributed by atoms with E-state index >= 15 is 0 Å². The van der Waals surface area contributed by atoms with Gasteiger partial charge in [-0.1, -0.05) is 19.1 Å². The van der Waals surface area contributed by atoms with Crippen LogP contribution >= 0.6 is 0 Å². The lowest BCUT2D eigenvalue weighted by atomic mass is 9.80. The summed E-state index contributed by atoms with van der Waals surface area (Å²) in [6, 6.07) is 0. The monoisotopic (exact) mass is 228 g/mol. The molecule has 0 spiro atoms. The summed E-state index contributed by atoms with van der Waals surface area (Å²) in [7, 11) is 3.21. The van der Waals surface area contributed by atoms with Gasteiger partial charge in [-0.2, -0.15) is 0 Å². The zero-order chi connectivity index (χ0) is 11.9. The second-order valence-electron chi connectivity index (χ2n) is 4.84. The third-order valence-corrected chi connectivity index (χ3v) is 4.38. The Morgan fingerprint density at radius 2 is 1.94 bits per heavy atom. The highest BCUT2D eigenvalue weighted by Gasteiger charge is 2.60. The third-order valence-electron chi connectivity index (χ3n) is 4.38. The van der Waals surface area contributed by atoms with E-state index in [1.807, 2.05) is 13.0 Å². The van der Waals surface area contributed by atoms with Gasteiger partial charge in [0.25, 0.3) is 0 Å². The standard InChI is InChI=1S/C12H20O4/c1-7-8-4-5-9(12(7,14)6-13)10(8)11(15-2)16-3/h4-5,7-11,13-14H,6H2,1-3H3/t7-,8+,9+,10+,12?/m0/s1. The van der Waals surface area contributed by atoms with Gasteiger partial charge in [0, 0.05) is 26.1 Å². The number of aliphatic hydroxyl groups is 2. The van der Waals surface area contributed by atoms with E-state index in [0.29, 0.717) is 0 Å². The molecule has 4 heteroatoms. The van der Waals surface area contributed by atoms with Gasteiger partial charge in [-0.15, -0.1) is 0 Å². The molecule has 0 saturated heterocycles. The van der Waals surface area contributed by atoms with Gasteiger partial charge < -0.3 is 19.7 Å². The number of hydrogen-bond donors (Lipinski definition) is 2. The number of aliphatic hydroxyl groups excluding tert-OH is 1. The molecule has 1 unspecified atom stereocenters. The highest BCUT2D eigenvalue weighted by atomic mass is 16.7. The first kappa shape index (κ1) is 12.0. The van der Waals surface area contributed by atoms with Crippen LogP contribution in [-0.4, -0.2) is 42.9 Å². The van der Waals surface area contributed by atoms with Gasteiger partial charge in [-0.3, -0.25) is 0 Å². The van der Waals surface area contributed by atoms with Crippen molar-refractivity contribution in [1.29, 1.82) is 0 Å². The Kier molecular flexibility index (Phi) is 3.09. The topological polar surface area (TPSA) is 58.9 Å². The molecule has 0 heterocycles. The van der Waals surface area contributed by atoms with Crippen molar-refractivity contribution in [3.63, 3.8) is 0 Å². The molecule has 0 radical (unpaired) electrons. The molecule has 2 bridgehead atoms. The fourth-order valence-electron chi connectivity index (χ4n) is 3.39. The predicted octanol–water partition coefficient (Wildman–Crippen LogP) is 0.397. The van der Waals surface area contributed by atoms with Crippen molar-refractivity contribution < 1.29 is 19.7 Å². The van der Waals surface area contributed by atoms with Gasteiger partial charge >= 0.3 is 0 Å². The van der Waals surface area contributed by atoms with Crippen LogP contribution in [0.3, 0.4) is 0 Å². The van der Waals surface area contributed by atoms with Crippen LogP contribution in [0.2, 0.25) is 0 Å². The van der Waals surface area contributed by atoms with Crippen LogP contribution in [0.15, 0.2) is 12.2 Å². The SMILES string of the molecule is COC(OC)[C@@H]1[C@@H]2C=C[C@H]1C(O)(CO)[C@H]2C. The fraction of sp³-hybridized carbons (Fsp3) is 0.833. The summed E-state index contributed by atoms with van der Waals surface area (Å²) in [5.74, 6) is 0.266. The highest BCUT2D eigenvalue weighted by molar-refractivity contribution is 5.23. The number of hydrogen-bond acceptors (Lipinski definition) is 4. The molecule has 5 atom stereocenters. The maximum absolute atomic E-state index is 10.5. The first-order valence-electron chi connectivity index (χ1n) is 5.67. The molecule has 2 aliphatic carbocycles. The van der Waals surface area contributed by atoms with Crippen molar-refractivity contribution in [2.75, 3.05) is 20.8 Å². The Morgan fingerprint density at radius 1 is 1.31 bits per heavy atom. The van der Waals surface area contributed by atoms with Crippen LogP contribution in [0, 0.1) is 23.7 Å². The largest absolute Gasteiger partial charge is 0.393 e. The van der Waals surface area contributed by atoms with E-state index in [1.165, 1.54) is 0 Å². The highest BCUT2D eigenvalue weighted by Crippen LogP contribution is 2.55. The van der Waals surface area contributed by atoms with Gasteiger partial charge in [-0.25, -0.2) is 0 Å². The summed E-state index contributed by atoms with van der Waals surface area (Å²) in [6.07, 6.45) is 3.76. The van der Waals surface area contributed by atoms with Crippen molar-refractivity contribution in [3.05, 3.63) is 12.2 Å². The average Bonchev–Trinajstić information content (AvgIpc) is 2.80. The van der Waals surface area contributed by atoms with Crippen molar-refractivity contribution >= 4 is 0 Å². The molecule has 16 heavy (non-hydrogen) atoms. The molecule has 0 aliphatic heterocycles. The number of fused-ring (bicyclic) bond motifs is 2. The number of ether oxygens (including phenoxy) is 2. The molecule has 2 N–H and O–H groups in total. The van der Waals surface area contributed by atoms with Crippen LogP contribution in [-0.2, 0) is 9.47 Å². The summed E-state index contributed by atoms with van der Waals surface area (Å²) in [5.41, 5.74) is -1.03. The van der Waals surface area contributed by atoms with Gasteiger partial charge in [0.1, 0.15) is 0 Å². The van der Waals surface area contributed by atoms with Crippen LogP contribution in [0.1, 0.15) is 6.92 Å². The summed E-state index contributed by atoms with van der Waals surface area (Å²) >= 11 is 0. The van der Waals surface area contributed by atoms with E-state index < -0.39 is 5.60 Å². The molecule has 0 amide bonds. The molecular formula is C12H20O4. The first-order valence-corrected chi connectivity index (χ1v) is 5.67. The van der Waals surface area contributed by atoms with Gasteiger partial charge in [0.15, 0.2) is 6.29 Å². The third kappa shape index (κ3) is 1.37. The average molecular weight is 228 g/mol. The lowest BCUT2D eigenvalue weighted by Crippen LogP contribution is -2.44. The Balaban J connectivity index is 2.27. The molecule has 0 aromatic carbocycles. The van der Waals surface area contributed by atoms with Crippen molar-refractivity contribution in [3.8, 4) is 0 Å². The summed E-state index contributed by atoms with van der Waals surface area (Å²) in [4.78, 5) is 0. The normalized spacial score (nSPS) is 45.9. The summed E-state index contributed by atoms with van der Waals surface area (Å²) in [5, 5.41) is 19.9. The molecule has 4 nitrogen and oxygen atoms in total. The minimum atomic E-state index is -1.03. The Bertz CT molecular complexity index is 287. The Labute approximate surface area is 95.9 Å². The van der Waals surface area contributed by atoms with Crippen molar-refractivity contribution in [1.82, 2.24) is 0 Å². The molecule has 2 rings (SSSR count). The minimum Gasteiger partial charge on any atom is -0.393 e. The van der Waals surface area contributed by atoms with E-state index in [1.54, 1.807) is 14.2 Å².